The fraction of sp³-hybridized carbons (Fsp3) is 0.250. The summed E-state index contributed by atoms with van der Waals surface area (Å²) in [6.07, 6.45) is 0.766. The summed E-state index contributed by atoms with van der Waals surface area (Å²) in [5, 5.41) is 6.58. The average Bonchev–Trinajstić information content (AvgIpc) is 1.65. The normalized spacial score (nSPS) is 11.4. The Bertz CT molecular complexity index is 106. The zero-order valence-electron chi connectivity index (χ0n) is 4.03. The minimum atomic E-state index is -0.667. The van der Waals surface area contributed by atoms with E-state index in [1.165, 1.54) is 6.92 Å². The zero-order valence-corrected chi connectivity index (χ0v) is 4.03. The lowest BCUT2D eigenvalue weighted by atomic mass is 10.4. The molecule has 3 N–H and O–H groups in total. The van der Waals surface area contributed by atoms with Crippen molar-refractivity contribution >= 4 is 5.71 Å². The van der Waals surface area contributed by atoms with Crippen LogP contribution in [0.25, 0.3) is 0 Å². The predicted octanol–water partition coefficient (Wildman–Crippen LogP) is 0.796. The highest BCUT2D eigenvalue weighted by atomic mass is 19.1. The van der Waals surface area contributed by atoms with E-state index >= 15 is 0 Å². The molecule has 0 aromatic heterocycles. The first-order valence-electron chi connectivity index (χ1n) is 1.81. The van der Waals surface area contributed by atoms with Crippen LogP contribution in [0, 0.1) is 5.41 Å². The molecular formula is C4H7FN2. The molecule has 0 fully saturated rings. The highest BCUT2D eigenvalue weighted by molar-refractivity contribution is 5.93. The number of rotatable bonds is 1. The molecule has 0 amide bonds. The molecule has 0 aliphatic carbocycles. The first-order chi connectivity index (χ1) is 3.18. The summed E-state index contributed by atoms with van der Waals surface area (Å²) in [4.78, 5) is 0. The minimum Gasteiger partial charge on any atom is -0.402 e. The lowest BCUT2D eigenvalue weighted by Crippen LogP contribution is -1.91. The quantitative estimate of drug-likeness (QED) is 0.472. The Kier molecular flexibility index (Phi) is 2.05. The van der Waals surface area contributed by atoms with E-state index in [9.17, 15) is 4.39 Å². The fourth-order valence-electron chi connectivity index (χ4n) is 0.125. The lowest BCUT2D eigenvalue weighted by Gasteiger charge is -1.84. The van der Waals surface area contributed by atoms with Crippen LogP contribution in [0.15, 0.2) is 12.0 Å². The Morgan fingerprint density at radius 2 is 2.29 bits per heavy atom. The Morgan fingerprint density at radius 1 is 1.86 bits per heavy atom. The Morgan fingerprint density at radius 3 is 2.29 bits per heavy atom. The molecule has 0 spiro atoms. The van der Waals surface area contributed by atoms with E-state index in [1.54, 1.807) is 0 Å². The van der Waals surface area contributed by atoms with Gasteiger partial charge in [-0.2, -0.15) is 0 Å². The topological polar surface area (TPSA) is 49.9 Å². The molecule has 3 heteroatoms. The van der Waals surface area contributed by atoms with Crippen molar-refractivity contribution in [3.8, 4) is 0 Å². The van der Waals surface area contributed by atoms with Crippen molar-refractivity contribution in [1.82, 2.24) is 0 Å². The maximum atomic E-state index is 11.8. The highest BCUT2D eigenvalue weighted by Gasteiger charge is 1.90. The van der Waals surface area contributed by atoms with Gasteiger partial charge in [-0.15, -0.1) is 0 Å². The second kappa shape index (κ2) is 2.34. The van der Waals surface area contributed by atoms with Crippen molar-refractivity contribution in [1.29, 1.82) is 5.41 Å². The van der Waals surface area contributed by atoms with E-state index < -0.39 is 5.83 Å². The van der Waals surface area contributed by atoms with Crippen molar-refractivity contribution in [3.05, 3.63) is 12.0 Å². The van der Waals surface area contributed by atoms with Crippen molar-refractivity contribution in [3.63, 3.8) is 0 Å². The maximum Gasteiger partial charge on any atom is 0.159 e. The number of nitrogens with one attached hydrogen (secondary N) is 1. The molecule has 0 unspecified atom stereocenters. The third kappa shape index (κ3) is 1.92. The van der Waals surface area contributed by atoms with Gasteiger partial charge in [0.1, 0.15) is 0 Å². The molecule has 0 saturated carbocycles. The molecule has 0 radical (unpaired) electrons. The summed E-state index contributed by atoms with van der Waals surface area (Å²) < 4.78 is 11.8. The van der Waals surface area contributed by atoms with Crippen LogP contribution >= 0.6 is 0 Å². The summed E-state index contributed by atoms with van der Waals surface area (Å²) in [5.41, 5.74) is 4.56. The van der Waals surface area contributed by atoms with Gasteiger partial charge in [0.15, 0.2) is 5.83 Å². The van der Waals surface area contributed by atoms with Crippen LogP contribution < -0.4 is 5.73 Å². The van der Waals surface area contributed by atoms with Gasteiger partial charge in [0, 0.05) is 6.20 Å². The third-order valence-corrected chi connectivity index (χ3v) is 0.505. The van der Waals surface area contributed by atoms with E-state index in [-0.39, 0.29) is 5.71 Å². The smallest absolute Gasteiger partial charge is 0.159 e. The van der Waals surface area contributed by atoms with Gasteiger partial charge in [0.2, 0.25) is 0 Å². The number of halogens is 1. The fourth-order valence-corrected chi connectivity index (χ4v) is 0.125. The van der Waals surface area contributed by atoms with Gasteiger partial charge in [-0.25, -0.2) is 4.39 Å². The van der Waals surface area contributed by atoms with Crippen molar-refractivity contribution < 1.29 is 4.39 Å². The number of allylic oxidation sites excluding steroid dienone is 1. The summed E-state index contributed by atoms with van der Waals surface area (Å²) in [6, 6.07) is 0. The van der Waals surface area contributed by atoms with Gasteiger partial charge in [-0.05, 0) is 6.92 Å². The SMILES string of the molecule is CC(=N)/C(F)=C\N. The van der Waals surface area contributed by atoms with E-state index in [0.29, 0.717) is 0 Å². The minimum absolute atomic E-state index is 0.137. The molecule has 40 valence electrons. The van der Waals surface area contributed by atoms with E-state index in [0.717, 1.165) is 6.20 Å². The molecule has 0 aliphatic rings. The largest absolute Gasteiger partial charge is 0.402 e. The monoisotopic (exact) mass is 102 g/mol. The van der Waals surface area contributed by atoms with Crippen LogP contribution in [0.4, 0.5) is 4.39 Å². The summed E-state index contributed by atoms with van der Waals surface area (Å²) in [7, 11) is 0. The van der Waals surface area contributed by atoms with Gasteiger partial charge in [0.05, 0.1) is 5.71 Å². The molecule has 7 heavy (non-hydrogen) atoms. The molecule has 0 rings (SSSR count). The average molecular weight is 102 g/mol. The van der Waals surface area contributed by atoms with Gasteiger partial charge in [-0.3, -0.25) is 0 Å². The Balaban J connectivity index is 3.82. The second-order valence-corrected chi connectivity index (χ2v) is 1.14. The molecular weight excluding hydrogens is 95.1 g/mol. The molecule has 2 nitrogen and oxygen atoms in total. The van der Waals surface area contributed by atoms with Crippen LogP contribution in [0.3, 0.4) is 0 Å². The molecule has 0 saturated heterocycles. The van der Waals surface area contributed by atoms with Gasteiger partial charge < -0.3 is 11.1 Å². The first kappa shape index (κ1) is 6.14. The maximum absolute atomic E-state index is 11.8. The summed E-state index contributed by atoms with van der Waals surface area (Å²) in [6.45, 7) is 1.33. The number of nitrogens with two attached hydrogens (primary N) is 1. The van der Waals surface area contributed by atoms with Gasteiger partial charge in [-0.1, -0.05) is 0 Å². The second-order valence-electron chi connectivity index (χ2n) is 1.14. The van der Waals surface area contributed by atoms with Crippen molar-refractivity contribution in [2.24, 2.45) is 5.73 Å². The van der Waals surface area contributed by atoms with Gasteiger partial charge in [0.25, 0.3) is 0 Å². The van der Waals surface area contributed by atoms with Gasteiger partial charge >= 0.3 is 0 Å². The Labute approximate surface area is 41.3 Å². The molecule has 0 aliphatic heterocycles. The number of hydrogen-bond acceptors (Lipinski definition) is 2. The van der Waals surface area contributed by atoms with Crippen LogP contribution in [0.2, 0.25) is 0 Å². The molecule has 0 atom stereocenters. The molecule has 0 aromatic rings. The summed E-state index contributed by atoms with van der Waals surface area (Å²) in [5.74, 6) is -0.667. The number of hydrogen-bond donors (Lipinski definition) is 2. The van der Waals surface area contributed by atoms with Crippen LogP contribution in [-0.2, 0) is 0 Å². The van der Waals surface area contributed by atoms with Crippen molar-refractivity contribution in [2.45, 2.75) is 6.92 Å². The third-order valence-electron chi connectivity index (χ3n) is 0.505. The van der Waals surface area contributed by atoms with Crippen LogP contribution in [0.5, 0.6) is 0 Å². The van der Waals surface area contributed by atoms with E-state index in [4.69, 9.17) is 11.1 Å². The molecule has 0 aromatic carbocycles. The standard InChI is InChI=1S/C4H7FN2/c1-3(7)4(5)2-6/h2,7H,6H2,1H3/b4-2+,7-3?. The molecule has 0 heterocycles. The van der Waals surface area contributed by atoms with Crippen LogP contribution in [0.1, 0.15) is 6.92 Å². The summed E-state index contributed by atoms with van der Waals surface area (Å²) >= 11 is 0. The zero-order chi connectivity index (χ0) is 5.86. The lowest BCUT2D eigenvalue weighted by molar-refractivity contribution is 0.675. The van der Waals surface area contributed by atoms with E-state index in [1.807, 2.05) is 0 Å². The predicted molar refractivity (Wildman–Crippen MR) is 26.8 cm³/mol. The highest BCUT2D eigenvalue weighted by Crippen LogP contribution is 1.92. The van der Waals surface area contributed by atoms with Crippen LogP contribution in [-0.4, -0.2) is 5.71 Å². The molecule has 0 bridgehead atoms. The van der Waals surface area contributed by atoms with E-state index in [2.05, 4.69) is 0 Å². The van der Waals surface area contributed by atoms with Crippen molar-refractivity contribution in [2.75, 3.05) is 0 Å². The first-order valence-corrected chi connectivity index (χ1v) is 1.81. The Hall–Kier alpha value is -0.860.